The normalized spacial score (nSPS) is 26.8. The molecule has 0 aromatic carbocycles. The van der Waals surface area contributed by atoms with Crippen LogP contribution in [0.5, 0.6) is 0 Å². The highest BCUT2D eigenvalue weighted by atomic mass is 16.4. The lowest BCUT2D eigenvalue weighted by molar-refractivity contribution is -0.141. The summed E-state index contributed by atoms with van der Waals surface area (Å²) in [5, 5.41) is 29.6. The molecule has 4 N–H and O–H groups in total. The number of rotatable bonds is 4. The van der Waals surface area contributed by atoms with E-state index < -0.39 is 24.1 Å². The number of aliphatic carboxylic acids is 1. The van der Waals surface area contributed by atoms with Crippen LogP contribution in [0.4, 0.5) is 4.79 Å². The lowest BCUT2D eigenvalue weighted by atomic mass is 10.0. The first-order valence-electron chi connectivity index (χ1n) is 5.97. The van der Waals surface area contributed by atoms with Crippen molar-refractivity contribution >= 4 is 12.0 Å². The second-order valence-electron chi connectivity index (χ2n) is 4.72. The molecule has 0 saturated carbocycles. The predicted molar refractivity (Wildman–Crippen MR) is 63.0 cm³/mol. The van der Waals surface area contributed by atoms with Gasteiger partial charge in [-0.15, -0.1) is 0 Å². The maximum absolute atomic E-state index is 11.9. The number of aliphatic hydroxyl groups excluding tert-OH is 2. The third kappa shape index (κ3) is 3.11. The maximum Gasteiger partial charge on any atom is 0.328 e. The Balaban J connectivity index is 2.67. The Morgan fingerprint density at radius 3 is 2.56 bits per heavy atom. The van der Waals surface area contributed by atoms with Gasteiger partial charge in [-0.1, -0.05) is 6.92 Å². The molecule has 1 rings (SSSR count). The van der Waals surface area contributed by atoms with Gasteiger partial charge in [-0.3, -0.25) is 0 Å². The zero-order chi connectivity index (χ0) is 13.9. The van der Waals surface area contributed by atoms with E-state index in [0.29, 0.717) is 6.54 Å². The van der Waals surface area contributed by atoms with Gasteiger partial charge in [0.1, 0.15) is 0 Å². The molecule has 18 heavy (non-hydrogen) atoms. The van der Waals surface area contributed by atoms with Crippen molar-refractivity contribution in [1.29, 1.82) is 0 Å². The number of carbonyl (C=O) groups excluding carboxylic acids is 1. The number of carboxylic acids is 1. The number of aliphatic hydroxyl groups is 2. The number of likely N-dealkylation sites (tertiary alicyclic amines) is 1. The molecule has 1 aliphatic rings. The Bertz CT molecular complexity index is 321. The minimum Gasteiger partial charge on any atom is -0.480 e. The second kappa shape index (κ2) is 6.01. The van der Waals surface area contributed by atoms with Crippen molar-refractivity contribution in [3.63, 3.8) is 0 Å². The Kier molecular flexibility index (Phi) is 4.92. The molecule has 1 fully saturated rings. The van der Waals surface area contributed by atoms with Crippen molar-refractivity contribution in [2.75, 3.05) is 13.2 Å². The van der Waals surface area contributed by atoms with Gasteiger partial charge in [-0.05, 0) is 19.3 Å². The van der Waals surface area contributed by atoms with E-state index >= 15 is 0 Å². The molecule has 1 saturated heterocycles. The number of carboxylic acid groups (broad SMARTS) is 1. The van der Waals surface area contributed by atoms with Gasteiger partial charge in [0.2, 0.25) is 0 Å². The molecule has 104 valence electrons. The van der Waals surface area contributed by atoms with Crippen LogP contribution in [0.2, 0.25) is 0 Å². The van der Waals surface area contributed by atoms with Crippen LogP contribution in [-0.4, -0.2) is 63.6 Å². The van der Waals surface area contributed by atoms with E-state index in [1.165, 1.54) is 11.8 Å². The Hall–Kier alpha value is -1.34. The first kappa shape index (κ1) is 14.7. The summed E-state index contributed by atoms with van der Waals surface area (Å²) in [6.07, 6.45) is -0.413. The summed E-state index contributed by atoms with van der Waals surface area (Å²) in [4.78, 5) is 24.2. The topological polar surface area (TPSA) is 110 Å². The second-order valence-corrected chi connectivity index (χ2v) is 4.72. The minimum atomic E-state index is -1.34. The summed E-state index contributed by atoms with van der Waals surface area (Å²) >= 11 is 0. The first-order valence-corrected chi connectivity index (χ1v) is 5.97. The number of nitrogens with zero attached hydrogens (tertiary/aromatic N) is 1. The Labute approximate surface area is 105 Å². The van der Waals surface area contributed by atoms with Crippen LogP contribution in [0.25, 0.3) is 0 Å². The van der Waals surface area contributed by atoms with E-state index in [1.54, 1.807) is 0 Å². The SMILES string of the molecule is CC1CCN(C(=O)N[C@H](C(=O)O)[C@@H](C)O)C1CO. The molecular formula is C11H20N2O5. The summed E-state index contributed by atoms with van der Waals surface area (Å²) in [5.74, 6) is -1.11. The highest BCUT2D eigenvalue weighted by Gasteiger charge is 2.36. The fraction of sp³-hybridized carbons (Fsp3) is 0.818. The molecule has 7 nitrogen and oxygen atoms in total. The van der Waals surface area contributed by atoms with Gasteiger partial charge < -0.3 is 25.5 Å². The fourth-order valence-corrected chi connectivity index (χ4v) is 2.14. The molecule has 0 aromatic heterocycles. The zero-order valence-corrected chi connectivity index (χ0v) is 10.5. The molecular weight excluding hydrogens is 240 g/mol. The van der Waals surface area contributed by atoms with Crippen molar-refractivity contribution in [3.8, 4) is 0 Å². The highest BCUT2D eigenvalue weighted by molar-refractivity contribution is 5.83. The quantitative estimate of drug-likeness (QED) is 0.530. The van der Waals surface area contributed by atoms with E-state index in [4.69, 9.17) is 5.11 Å². The molecule has 0 spiro atoms. The molecule has 1 aliphatic heterocycles. The lowest BCUT2D eigenvalue weighted by Crippen LogP contribution is -2.54. The summed E-state index contributed by atoms with van der Waals surface area (Å²) in [6, 6.07) is -2.20. The van der Waals surface area contributed by atoms with E-state index in [0.717, 1.165) is 6.42 Å². The molecule has 2 unspecified atom stereocenters. The van der Waals surface area contributed by atoms with Gasteiger partial charge in [-0.2, -0.15) is 0 Å². The van der Waals surface area contributed by atoms with E-state index in [-0.39, 0.29) is 18.6 Å². The number of hydrogen-bond acceptors (Lipinski definition) is 4. The van der Waals surface area contributed by atoms with Gasteiger partial charge in [0.25, 0.3) is 0 Å². The van der Waals surface area contributed by atoms with Gasteiger partial charge in [0, 0.05) is 6.54 Å². The molecule has 2 amide bonds. The molecule has 0 bridgehead atoms. The largest absolute Gasteiger partial charge is 0.480 e. The molecule has 4 atom stereocenters. The van der Waals surface area contributed by atoms with Gasteiger partial charge >= 0.3 is 12.0 Å². The van der Waals surface area contributed by atoms with E-state index in [2.05, 4.69) is 5.32 Å². The summed E-state index contributed by atoms with van der Waals surface area (Å²) in [5.41, 5.74) is 0. The van der Waals surface area contributed by atoms with Crippen molar-refractivity contribution in [3.05, 3.63) is 0 Å². The maximum atomic E-state index is 11.9. The number of hydrogen-bond donors (Lipinski definition) is 4. The standard InChI is InChI=1S/C11H20N2O5/c1-6-3-4-13(8(6)5-14)11(18)12-9(7(2)15)10(16)17/h6-9,14-15H,3-5H2,1-2H3,(H,12,18)(H,16,17)/t6?,7-,8?,9+/m1/s1. The number of carbonyl (C=O) groups is 2. The van der Waals surface area contributed by atoms with Gasteiger partial charge in [0.05, 0.1) is 18.8 Å². The Morgan fingerprint density at radius 1 is 1.50 bits per heavy atom. The number of amides is 2. The highest BCUT2D eigenvalue weighted by Crippen LogP contribution is 2.23. The van der Waals surface area contributed by atoms with Crippen molar-refractivity contribution in [2.24, 2.45) is 5.92 Å². The van der Waals surface area contributed by atoms with Gasteiger partial charge in [-0.25, -0.2) is 9.59 Å². The average molecular weight is 260 g/mol. The van der Waals surface area contributed by atoms with E-state index in [1.807, 2.05) is 6.92 Å². The van der Waals surface area contributed by atoms with Crippen molar-refractivity contribution in [1.82, 2.24) is 10.2 Å². The van der Waals surface area contributed by atoms with Crippen molar-refractivity contribution < 1.29 is 24.9 Å². The minimum absolute atomic E-state index is 0.152. The summed E-state index contributed by atoms with van der Waals surface area (Å²) in [7, 11) is 0. The summed E-state index contributed by atoms with van der Waals surface area (Å²) in [6.45, 7) is 3.55. The summed E-state index contributed by atoms with van der Waals surface area (Å²) < 4.78 is 0. The molecule has 0 aromatic rings. The van der Waals surface area contributed by atoms with E-state index in [9.17, 15) is 19.8 Å². The molecule has 0 aliphatic carbocycles. The third-order valence-electron chi connectivity index (χ3n) is 3.36. The molecule has 0 radical (unpaired) electrons. The fourth-order valence-electron chi connectivity index (χ4n) is 2.14. The zero-order valence-electron chi connectivity index (χ0n) is 10.5. The monoisotopic (exact) mass is 260 g/mol. The van der Waals surface area contributed by atoms with Crippen LogP contribution < -0.4 is 5.32 Å². The smallest absolute Gasteiger partial charge is 0.328 e. The average Bonchev–Trinajstić information content (AvgIpc) is 2.65. The number of nitrogens with one attached hydrogen (secondary N) is 1. The van der Waals surface area contributed by atoms with Crippen LogP contribution in [0.3, 0.4) is 0 Å². The Morgan fingerprint density at radius 2 is 2.11 bits per heavy atom. The molecule has 7 heteroatoms. The van der Waals surface area contributed by atoms with Crippen LogP contribution in [0.15, 0.2) is 0 Å². The molecule has 1 heterocycles. The van der Waals surface area contributed by atoms with Crippen LogP contribution >= 0.6 is 0 Å². The van der Waals surface area contributed by atoms with Gasteiger partial charge in [0.15, 0.2) is 6.04 Å². The number of urea groups is 1. The first-order chi connectivity index (χ1) is 8.38. The van der Waals surface area contributed by atoms with Crippen LogP contribution in [0, 0.1) is 5.92 Å². The van der Waals surface area contributed by atoms with Crippen molar-refractivity contribution in [2.45, 2.75) is 38.5 Å². The van der Waals surface area contributed by atoms with Crippen LogP contribution in [0.1, 0.15) is 20.3 Å². The third-order valence-corrected chi connectivity index (χ3v) is 3.36. The lowest BCUT2D eigenvalue weighted by Gasteiger charge is -2.27. The van der Waals surface area contributed by atoms with Crippen LogP contribution in [-0.2, 0) is 4.79 Å². The predicted octanol–water partition coefficient (Wildman–Crippen LogP) is -0.767.